The predicted molar refractivity (Wildman–Crippen MR) is 80.9 cm³/mol. The second kappa shape index (κ2) is 6.19. The van der Waals surface area contributed by atoms with E-state index in [1.54, 1.807) is 31.2 Å². The molecule has 0 saturated carbocycles. The van der Waals surface area contributed by atoms with Gasteiger partial charge in [0.15, 0.2) is 5.82 Å². The first-order valence-electron chi connectivity index (χ1n) is 6.96. The molecular formula is C15H12F2N4O3. The topological polar surface area (TPSA) is 83.1 Å². The number of rotatable bonds is 5. The van der Waals surface area contributed by atoms with Crippen LogP contribution in [0.2, 0.25) is 0 Å². The van der Waals surface area contributed by atoms with Gasteiger partial charge in [0.1, 0.15) is 12.3 Å². The summed E-state index contributed by atoms with van der Waals surface area (Å²) in [6.45, 7) is -1.54. The van der Waals surface area contributed by atoms with Gasteiger partial charge in [-0.15, -0.1) is 0 Å². The lowest BCUT2D eigenvalue weighted by atomic mass is 10.3. The third kappa shape index (κ3) is 2.87. The molecule has 9 heteroatoms. The third-order valence-electron chi connectivity index (χ3n) is 3.37. The minimum Gasteiger partial charge on any atom is -0.478 e. The van der Waals surface area contributed by atoms with Crippen LogP contribution in [0.5, 0.6) is 5.75 Å². The van der Waals surface area contributed by atoms with Gasteiger partial charge in [-0.2, -0.15) is 8.78 Å². The van der Waals surface area contributed by atoms with Crippen LogP contribution in [0, 0.1) is 17.0 Å². The molecule has 0 fully saturated rings. The molecule has 0 aliphatic rings. The number of imidazole rings is 1. The third-order valence-corrected chi connectivity index (χ3v) is 3.37. The molecule has 0 saturated heterocycles. The van der Waals surface area contributed by atoms with Crippen LogP contribution in [0.25, 0.3) is 11.0 Å². The number of aromatic nitrogens is 3. The van der Waals surface area contributed by atoms with Gasteiger partial charge in [-0.05, 0) is 34.2 Å². The molecule has 1 aromatic carbocycles. The summed E-state index contributed by atoms with van der Waals surface area (Å²) in [5, 5.41) is 11.0. The van der Waals surface area contributed by atoms with Crippen LogP contribution < -0.4 is 4.74 Å². The Morgan fingerprint density at radius 3 is 2.71 bits per heavy atom. The Labute approximate surface area is 134 Å². The maximum absolute atomic E-state index is 13.3. The Morgan fingerprint density at radius 1 is 1.25 bits per heavy atom. The number of pyridine rings is 1. The number of para-hydroxylation sites is 2. The van der Waals surface area contributed by atoms with E-state index in [1.165, 1.54) is 12.1 Å². The van der Waals surface area contributed by atoms with Crippen molar-refractivity contribution in [3.8, 4) is 5.75 Å². The first-order chi connectivity index (χ1) is 11.5. The molecule has 0 aliphatic carbocycles. The van der Waals surface area contributed by atoms with Crippen molar-refractivity contribution in [3.05, 3.63) is 58.0 Å². The van der Waals surface area contributed by atoms with Crippen molar-refractivity contribution >= 4 is 16.9 Å². The summed E-state index contributed by atoms with van der Waals surface area (Å²) in [4.78, 5) is 18.2. The van der Waals surface area contributed by atoms with Crippen LogP contribution in [0.1, 0.15) is 18.1 Å². The number of hydrogen-bond donors (Lipinski definition) is 0. The van der Waals surface area contributed by atoms with Crippen molar-refractivity contribution < 1.29 is 18.4 Å². The van der Waals surface area contributed by atoms with E-state index in [1.807, 2.05) is 0 Å². The number of nitro groups is 1. The molecule has 2 aromatic heterocycles. The normalized spacial score (nSPS) is 11.2. The molecule has 7 nitrogen and oxygen atoms in total. The first kappa shape index (κ1) is 15.8. The fraction of sp³-hybridized carbons (Fsp3) is 0.200. The zero-order valence-corrected chi connectivity index (χ0v) is 12.5. The number of alkyl halides is 2. The largest absolute Gasteiger partial charge is 0.478 e. The van der Waals surface area contributed by atoms with E-state index in [0.717, 1.165) is 4.57 Å². The molecule has 3 aromatic rings. The molecule has 3 rings (SSSR count). The molecule has 24 heavy (non-hydrogen) atoms. The van der Waals surface area contributed by atoms with Crippen LogP contribution >= 0.6 is 0 Å². The zero-order valence-electron chi connectivity index (χ0n) is 12.5. The summed E-state index contributed by atoms with van der Waals surface area (Å²) < 4.78 is 32.7. The van der Waals surface area contributed by atoms with E-state index in [4.69, 9.17) is 4.74 Å². The lowest BCUT2D eigenvalue weighted by Gasteiger charge is -2.09. The van der Waals surface area contributed by atoms with Crippen LogP contribution in [0.15, 0.2) is 36.4 Å². The number of fused-ring (bicyclic) bond motifs is 1. The lowest BCUT2D eigenvalue weighted by molar-refractivity contribution is -0.390. The van der Waals surface area contributed by atoms with E-state index in [2.05, 4.69) is 9.97 Å². The van der Waals surface area contributed by atoms with Gasteiger partial charge in [0.25, 0.3) is 0 Å². The van der Waals surface area contributed by atoms with E-state index in [0.29, 0.717) is 11.2 Å². The number of halogens is 2. The van der Waals surface area contributed by atoms with E-state index in [9.17, 15) is 18.9 Å². The van der Waals surface area contributed by atoms with Gasteiger partial charge in [-0.25, -0.2) is 4.98 Å². The molecular weight excluding hydrogens is 322 g/mol. The Balaban J connectivity index is 1.94. The summed E-state index contributed by atoms with van der Waals surface area (Å²) in [6.07, 6.45) is 0. The van der Waals surface area contributed by atoms with Gasteiger partial charge >= 0.3 is 12.4 Å². The van der Waals surface area contributed by atoms with Crippen molar-refractivity contribution in [3.63, 3.8) is 0 Å². The number of benzene rings is 1. The van der Waals surface area contributed by atoms with Crippen molar-refractivity contribution in [2.45, 2.75) is 20.1 Å². The molecule has 0 N–H and O–H groups in total. The fourth-order valence-corrected chi connectivity index (χ4v) is 2.33. The first-order valence-corrected chi connectivity index (χ1v) is 6.96. The number of aryl methyl sites for hydroxylation is 1. The van der Waals surface area contributed by atoms with E-state index >= 15 is 0 Å². The smallest absolute Gasteiger partial charge is 0.406 e. The summed E-state index contributed by atoms with van der Waals surface area (Å²) in [7, 11) is 0. The van der Waals surface area contributed by atoms with Crippen molar-refractivity contribution in [1.29, 1.82) is 0 Å². The van der Waals surface area contributed by atoms with Gasteiger partial charge in [0, 0.05) is 6.92 Å². The molecule has 0 atom stereocenters. The summed E-state index contributed by atoms with van der Waals surface area (Å²) in [6, 6.07) is 9.36. The molecule has 0 unspecified atom stereocenters. The van der Waals surface area contributed by atoms with Crippen LogP contribution in [0.4, 0.5) is 14.6 Å². The molecule has 0 spiro atoms. The maximum atomic E-state index is 13.3. The molecule has 0 bridgehead atoms. The minimum atomic E-state index is -2.80. The molecule has 0 amide bonds. The lowest BCUT2D eigenvalue weighted by Crippen LogP contribution is -2.09. The SMILES string of the molecule is Cc1ccc(OCc2nc3ccccc3n2C(F)F)c([N+](=O)[O-])n1. The summed E-state index contributed by atoms with van der Waals surface area (Å²) in [5.74, 6) is -0.589. The average Bonchev–Trinajstić information content (AvgIpc) is 2.92. The molecule has 0 aliphatic heterocycles. The van der Waals surface area contributed by atoms with Crippen molar-refractivity contribution in [1.82, 2.24) is 14.5 Å². The molecule has 2 heterocycles. The highest BCUT2D eigenvalue weighted by Crippen LogP contribution is 2.27. The summed E-state index contributed by atoms with van der Waals surface area (Å²) in [5.41, 5.74) is 1.12. The Hall–Kier alpha value is -3.10. The minimum absolute atomic E-state index is 0.0268. The monoisotopic (exact) mass is 334 g/mol. The fourth-order valence-electron chi connectivity index (χ4n) is 2.33. The molecule has 0 radical (unpaired) electrons. The van der Waals surface area contributed by atoms with Gasteiger partial charge in [0.2, 0.25) is 5.75 Å². The van der Waals surface area contributed by atoms with Crippen LogP contribution in [-0.4, -0.2) is 19.5 Å². The Kier molecular flexibility index (Phi) is 4.07. The van der Waals surface area contributed by atoms with Crippen molar-refractivity contribution in [2.75, 3.05) is 0 Å². The standard InChI is InChI=1S/C15H12F2N4O3/c1-9-6-7-12(14(18-9)21(22)23)24-8-13-19-10-4-2-3-5-11(10)20(13)15(16)17/h2-7,15H,8H2,1H3. The Morgan fingerprint density at radius 2 is 2.00 bits per heavy atom. The van der Waals surface area contributed by atoms with Crippen molar-refractivity contribution in [2.24, 2.45) is 0 Å². The maximum Gasteiger partial charge on any atom is 0.406 e. The van der Waals surface area contributed by atoms with Gasteiger partial charge in [-0.3, -0.25) is 4.57 Å². The van der Waals surface area contributed by atoms with Crippen LogP contribution in [0.3, 0.4) is 0 Å². The highest BCUT2D eigenvalue weighted by molar-refractivity contribution is 5.75. The number of ether oxygens (including phenoxy) is 1. The van der Waals surface area contributed by atoms with E-state index in [-0.39, 0.29) is 23.7 Å². The number of hydrogen-bond acceptors (Lipinski definition) is 5. The van der Waals surface area contributed by atoms with E-state index < -0.39 is 17.3 Å². The van der Waals surface area contributed by atoms with Gasteiger partial charge in [0.05, 0.1) is 11.0 Å². The average molecular weight is 334 g/mol. The number of nitrogens with zero attached hydrogens (tertiary/aromatic N) is 4. The van der Waals surface area contributed by atoms with Crippen LogP contribution in [-0.2, 0) is 6.61 Å². The van der Waals surface area contributed by atoms with Gasteiger partial charge in [-0.1, -0.05) is 12.1 Å². The zero-order chi connectivity index (χ0) is 17.3. The highest BCUT2D eigenvalue weighted by Gasteiger charge is 2.21. The second-order valence-electron chi connectivity index (χ2n) is 4.98. The summed E-state index contributed by atoms with van der Waals surface area (Å²) >= 11 is 0. The second-order valence-corrected chi connectivity index (χ2v) is 4.98. The highest BCUT2D eigenvalue weighted by atomic mass is 19.3. The predicted octanol–water partition coefficient (Wildman–Crippen LogP) is 3.62. The quantitative estimate of drug-likeness (QED) is 0.525. The molecule has 124 valence electrons. The van der Waals surface area contributed by atoms with Gasteiger partial charge < -0.3 is 14.9 Å². The Bertz CT molecular complexity index is 911.